The molecule has 1 N–H and O–H groups in total. The highest BCUT2D eigenvalue weighted by molar-refractivity contribution is 6.30. The molecule has 31 heavy (non-hydrogen) atoms. The molecule has 10 heteroatoms. The first-order valence-corrected chi connectivity index (χ1v) is 10.7. The smallest absolute Gasteiger partial charge is 0.332 e. The van der Waals surface area contributed by atoms with Gasteiger partial charge in [-0.25, -0.2) is 9.59 Å². The Balaban J connectivity index is 1.60. The third kappa shape index (κ3) is 4.53. The molecule has 1 fully saturated rings. The molecule has 166 valence electrons. The van der Waals surface area contributed by atoms with E-state index in [9.17, 15) is 14.4 Å². The van der Waals surface area contributed by atoms with E-state index in [0.29, 0.717) is 24.7 Å². The first-order chi connectivity index (χ1) is 15.0. The molecule has 0 bridgehead atoms. The molecule has 1 aliphatic rings. The number of hydrogen-bond donors (Lipinski definition) is 1. The Kier molecular flexibility index (Phi) is 6.45. The number of nitrogens with zero attached hydrogens (tertiary/aromatic N) is 3. The number of hydrogen-bond acceptors (Lipinski definition) is 5. The van der Waals surface area contributed by atoms with Crippen LogP contribution in [-0.4, -0.2) is 38.2 Å². The number of fused-ring (bicyclic) bond motifs is 1. The fourth-order valence-electron chi connectivity index (χ4n) is 3.81. The molecule has 1 saturated heterocycles. The predicted octanol–water partition coefficient (Wildman–Crippen LogP) is 1.82. The van der Waals surface area contributed by atoms with Gasteiger partial charge in [-0.2, -0.15) is 0 Å². The van der Waals surface area contributed by atoms with Crippen LogP contribution in [0.25, 0.3) is 11.2 Å². The van der Waals surface area contributed by atoms with E-state index in [1.54, 1.807) is 24.3 Å². The Bertz CT molecular complexity index is 1230. The third-order valence-electron chi connectivity index (χ3n) is 5.49. The fourth-order valence-corrected chi connectivity index (χ4v) is 3.93. The molecule has 4 rings (SSSR count). The average Bonchev–Trinajstić information content (AvgIpc) is 3.10. The molecule has 2 aromatic heterocycles. The molecule has 1 aromatic carbocycles. The molecule has 0 amide bonds. The van der Waals surface area contributed by atoms with Gasteiger partial charge in [0.05, 0.1) is 13.2 Å². The van der Waals surface area contributed by atoms with Gasteiger partial charge in [0.1, 0.15) is 5.65 Å². The van der Waals surface area contributed by atoms with Crippen LogP contribution in [0.5, 0.6) is 0 Å². The van der Waals surface area contributed by atoms with Crippen molar-refractivity contribution < 1.29 is 9.47 Å². The van der Waals surface area contributed by atoms with Crippen LogP contribution in [0.3, 0.4) is 0 Å². The summed E-state index contributed by atoms with van der Waals surface area (Å²) in [5, 5.41) is 0.584. The summed E-state index contributed by atoms with van der Waals surface area (Å²) in [5.41, 5.74) is -0.248. The van der Waals surface area contributed by atoms with E-state index in [1.165, 1.54) is 16.2 Å². The molecule has 3 heterocycles. The molecule has 3 aromatic rings. The number of aromatic amines is 1. The van der Waals surface area contributed by atoms with Crippen LogP contribution in [-0.2, 0) is 29.6 Å². The lowest BCUT2D eigenvalue weighted by atomic mass is 10.2. The van der Waals surface area contributed by atoms with Crippen molar-refractivity contribution in [2.24, 2.45) is 7.05 Å². The van der Waals surface area contributed by atoms with E-state index in [-0.39, 0.29) is 30.5 Å². The normalized spacial score (nSPS) is 16.8. The Morgan fingerprint density at radius 1 is 1.16 bits per heavy atom. The molecule has 1 aliphatic heterocycles. The van der Waals surface area contributed by atoms with Crippen molar-refractivity contribution in [3.63, 3.8) is 0 Å². The number of aryl methyl sites for hydroxylation is 1. The second-order valence-electron chi connectivity index (χ2n) is 7.66. The summed E-state index contributed by atoms with van der Waals surface area (Å²) in [4.78, 5) is 41.1. The number of rotatable bonds is 7. The number of imidazole rings is 1. The molecule has 9 nitrogen and oxygen atoms in total. The summed E-state index contributed by atoms with van der Waals surface area (Å²) in [5.74, 6) is 0. The predicted molar refractivity (Wildman–Crippen MR) is 117 cm³/mol. The number of benzene rings is 1. The van der Waals surface area contributed by atoms with Crippen molar-refractivity contribution in [1.29, 1.82) is 0 Å². The van der Waals surface area contributed by atoms with Gasteiger partial charge in [-0.3, -0.25) is 23.5 Å². The maximum absolute atomic E-state index is 13.2. The van der Waals surface area contributed by atoms with Gasteiger partial charge < -0.3 is 9.47 Å². The summed E-state index contributed by atoms with van der Waals surface area (Å²) < 4.78 is 15.0. The largest absolute Gasteiger partial charge is 0.353 e. The first kappa shape index (κ1) is 21.6. The first-order valence-electron chi connectivity index (χ1n) is 10.4. The SMILES string of the molecule is Cn1c(=O)n(CCCOC2CCCCO2)c(=O)c2c1[nH]c(=O)n2Cc1ccc(Cl)cc1. The lowest BCUT2D eigenvalue weighted by molar-refractivity contribution is -0.163. The van der Waals surface area contributed by atoms with E-state index in [2.05, 4.69) is 4.98 Å². The van der Waals surface area contributed by atoms with Crippen molar-refractivity contribution in [1.82, 2.24) is 18.7 Å². The van der Waals surface area contributed by atoms with Crippen LogP contribution in [0, 0.1) is 0 Å². The van der Waals surface area contributed by atoms with Gasteiger partial charge in [-0.15, -0.1) is 0 Å². The Morgan fingerprint density at radius 2 is 1.94 bits per heavy atom. The van der Waals surface area contributed by atoms with Crippen LogP contribution >= 0.6 is 11.6 Å². The molecule has 0 radical (unpaired) electrons. The maximum atomic E-state index is 13.2. The van der Waals surface area contributed by atoms with Gasteiger partial charge >= 0.3 is 11.4 Å². The van der Waals surface area contributed by atoms with Crippen molar-refractivity contribution in [3.05, 3.63) is 66.2 Å². The maximum Gasteiger partial charge on any atom is 0.332 e. The average molecular weight is 449 g/mol. The van der Waals surface area contributed by atoms with Crippen LogP contribution in [0.1, 0.15) is 31.2 Å². The number of halogens is 1. The van der Waals surface area contributed by atoms with Gasteiger partial charge in [0, 0.05) is 25.2 Å². The van der Waals surface area contributed by atoms with E-state index in [1.807, 2.05) is 0 Å². The van der Waals surface area contributed by atoms with Crippen molar-refractivity contribution in [2.75, 3.05) is 13.2 Å². The summed E-state index contributed by atoms with van der Waals surface area (Å²) in [6.07, 6.45) is 3.23. The summed E-state index contributed by atoms with van der Waals surface area (Å²) in [6.45, 7) is 1.45. The minimum atomic E-state index is -0.501. The van der Waals surface area contributed by atoms with Gasteiger partial charge in [-0.05, 0) is 43.4 Å². The van der Waals surface area contributed by atoms with E-state index in [0.717, 1.165) is 29.4 Å². The van der Waals surface area contributed by atoms with E-state index >= 15 is 0 Å². The highest BCUT2D eigenvalue weighted by Crippen LogP contribution is 2.14. The molecule has 1 unspecified atom stereocenters. The van der Waals surface area contributed by atoms with E-state index in [4.69, 9.17) is 21.1 Å². The minimum absolute atomic E-state index is 0.165. The van der Waals surface area contributed by atoms with Gasteiger partial charge in [0.2, 0.25) is 0 Å². The Morgan fingerprint density at radius 3 is 2.65 bits per heavy atom. The molecular weight excluding hydrogens is 424 g/mol. The zero-order chi connectivity index (χ0) is 22.0. The topological polar surface area (TPSA) is 100 Å². The van der Waals surface area contributed by atoms with Gasteiger partial charge in [-0.1, -0.05) is 23.7 Å². The molecule has 0 spiro atoms. The summed E-state index contributed by atoms with van der Waals surface area (Å²) >= 11 is 5.93. The molecular formula is C21H25ClN4O5. The Hall–Kier alpha value is -2.62. The number of aromatic nitrogens is 4. The highest BCUT2D eigenvalue weighted by atomic mass is 35.5. The second kappa shape index (κ2) is 9.25. The fraction of sp³-hybridized carbons (Fsp3) is 0.476. The van der Waals surface area contributed by atoms with Crippen molar-refractivity contribution in [2.45, 2.75) is 45.1 Å². The Labute approximate surface area is 182 Å². The highest BCUT2D eigenvalue weighted by Gasteiger charge is 2.19. The number of ether oxygens (including phenoxy) is 2. The number of nitrogens with one attached hydrogen (secondary N) is 1. The minimum Gasteiger partial charge on any atom is -0.353 e. The van der Waals surface area contributed by atoms with Crippen LogP contribution in [0.2, 0.25) is 5.02 Å². The zero-order valence-electron chi connectivity index (χ0n) is 17.3. The number of H-pyrrole nitrogens is 1. The van der Waals surface area contributed by atoms with Gasteiger partial charge in [0.15, 0.2) is 11.8 Å². The quantitative estimate of drug-likeness (QED) is 0.556. The van der Waals surface area contributed by atoms with E-state index < -0.39 is 16.9 Å². The second-order valence-corrected chi connectivity index (χ2v) is 8.10. The monoisotopic (exact) mass is 448 g/mol. The van der Waals surface area contributed by atoms with Gasteiger partial charge in [0.25, 0.3) is 5.56 Å². The van der Waals surface area contributed by atoms with Crippen LogP contribution in [0.4, 0.5) is 0 Å². The van der Waals surface area contributed by atoms with Crippen molar-refractivity contribution >= 4 is 22.8 Å². The molecule has 1 atom stereocenters. The summed E-state index contributed by atoms with van der Waals surface area (Å²) in [7, 11) is 1.54. The molecule has 0 saturated carbocycles. The summed E-state index contributed by atoms with van der Waals surface area (Å²) in [6, 6.07) is 7.03. The van der Waals surface area contributed by atoms with Crippen LogP contribution < -0.4 is 16.9 Å². The third-order valence-corrected chi connectivity index (χ3v) is 5.74. The zero-order valence-corrected chi connectivity index (χ0v) is 18.1. The molecule has 0 aliphatic carbocycles. The van der Waals surface area contributed by atoms with Crippen LogP contribution in [0.15, 0.2) is 38.6 Å². The standard InChI is InChI=1S/C21H25ClN4O5/c1-24-18-17(26(20(28)23-18)13-14-6-8-15(22)9-7-14)19(27)25(21(24)29)10-4-12-31-16-5-2-3-11-30-16/h6-9,16H,2-5,10-13H2,1H3,(H,23,28). The van der Waals surface area contributed by atoms with Crippen molar-refractivity contribution in [3.8, 4) is 0 Å². The lowest BCUT2D eigenvalue weighted by Crippen LogP contribution is -2.40. The lowest BCUT2D eigenvalue weighted by Gasteiger charge is -2.22.